The molecular weight excluding hydrogens is 300 g/mol. The van der Waals surface area contributed by atoms with Crippen LogP contribution in [0, 0.1) is 10.8 Å². The zero-order valence-electron chi connectivity index (χ0n) is 12.6. The molecule has 0 saturated carbocycles. The molecule has 1 aromatic carbocycles. The molecule has 4 N–H and O–H groups in total. The second kappa shape index (κ2) is 7.42. The summed E-state index contributed by atoms with van der Waals surface area (Å²) in [5, 5.41) is 22.0. The van der Waals surface area contributed by atoms with Gasteiger partial charge in [0.15, 0.2) is 0 Å². The molecule has 1 aromatic rings. The molecule has 0 aromatic heterocycles. The van der Waals surface area contributed by atoms with Gasteiger partial charge in [-0.15, -0.1) is 0 Å². The Morgan fingerprint density at radius 2 is 2.14 bits per heavy atom. The van der Waals surface area contributed by atoms with E-state index >= 15 is 0 Å². The summed E-state index contributed by atoms with van der Waals surface area (Å²) in [5.74, 6) is 0.203. The van der Waals surface area contributed by atoms with Crippen LogP contribution in [0.1, 0.15) is 31.7 Å². The lowest BCUT2D eigenvalue weighted by Crippen LogP contribution is -2.27. The molecule has 6 heteroatoms. The number of anilines is 2. The SMILES string of the molecule is C=C(C)C(=N)Nc1ccc(NC2CCCCO2)c(C=N)c1Cl. The highest BCUT2D eigenvalue weighted by Gasteiger charge is 2.17. The summed E-state index contributed by atoms with van der Waals surface area (Å²) >= 11 is 6.36. The van der Waals surface area contributed by atoms with Gasteiger partial charge >= 0.3 is 0 Å². The zero-order valence-corrected chi connectivity index (χ0v) is 13.4. The summed E-state index contributed by atoms with van der Waals surface area (Å²) in [6.07, 6.45) is 4.32. The minimum atomic E-state index is -0.0453. The van der Waals surface area contributed by atoms with Crippen molar-refractivity contribution in [3.63, 3.8) is 0 Å². The molecule has 1 fully saturated rings. The average molecular weight is 321 g/mol. The van der Waals surface area contributed by atoms with Crippen LogP contribution in [0.15, 0.2) is 24.3 Å². The Hall–Kier alpha value is -1.85. The van der Waals surface area contributed by atoms with E-state index in [-0.39, 0.29) is 12.1 Å². The zero-order chi connectivity index (χ0) is 16.1. The summed E-state index contributed by atoms with van der Waals surface area (Å²) in [6.45, 7) is 6.21. The molecule has 2 rings (SSSR count). The van der Waals surface area contributed by atoms with Crippen LogP contribution in [0.3, 0.4) is 0 Å². The van der Waals surface area contributed by atoms with Crippen molar-refractivity contribution in [2.75, 3.05) is 17.2 Å². The van der Waals surface area contributed by atoms with Gasteiger partial charge in [-0.25, -0.2) is 0 Å². The molecule has 1 aliphatic rings. The van der Waals surface area contributed by atoms with Crippen molar-refractivity contribution in [2.24, 2.45) is 0 Å². The van der Waals surface area contributed by atoms with E-state index in [0.29, 0.717) is 21.8 Å². The van der Waals surface area contributed by atoms with Crippen LogP contribution in [-0.4, -0.2) is 24.9 Å². The fourth-order valence-electron chi connectivity index (χ4n) is 2.23. The first-order valence-electron chi connectivity index (χ1n) is 7.25. The van der Waals surface area contributed by atoms with E-state index in [1.54, 1.807) is 13.0 Å². The van der Waals surface area contributed by atoms with Crippen molar-refractivity contribution in [3.05, 3.63) is 34.9 Å². The number of benzene rings is 1. The number of hydrogen-bond donors (Lipinski definition) is 4. The largest absolute Gasteiger partial charge is 0.360 e. The predicted molar refractivity (Wildman–Crippen MR) is 92.7 cm³/mol. The highest BCUT2D eigenvalue weighted by atomic mass is 35.5. The lowest BCUT2D eigenvalue weighted by atomic mass is 10.1. The maximum Gasteiger partial charge on any atom is 0.127 e. The molecule has 118 valence electrons. The Labute approximate surface area is 135 Å². The van der Waals surface area contributed by atoms with Crippen LogP contribution in [0.5, 0.6) is 0 Å². The monoisotopic (exact) mass is 320 g/mol. The number of rotatable bonds is 5. The first-order chi connectivity index (χ1) is 10.5. The molecule has 0 spiro atoms. The van der Waals surface area contributed by atoms with Gasteiger partial charge in [-0.2, -0.15) is 0 Å². The van der Waals surface area contributed by atoms with Crippen molar-refractivity contribution in [3.8, 4) is 0 Å². The Bertz CT molecular complexity index is 594. The molecule has 0 amide bonds. The lowest BCUT2D eigenvalue weighted by Gasteiger charge is -2.25. The molecular formula is C16H21ClN4O. The standard InChI is InChI=1S/C16H21ClN4O/c1-10(2)16(19)21-13-7-6-12(11(9-18)15(13)17)20-14-5-3-4-8-22-14/h6-7,9,14,18,20H,1,3-5,8H2,2H3,(H2,19,21). The van der Waals surface area contributed by atoms with Crippen molar-refractivity contribution in [2.45, 2.75) is 32.4 Å². The number of nitrogens with one attached hydrogen (secondary N) is 4. The van der Waals surface area contributed by atoms with Crippen LogP contribution < -0.4 is 10.6 Å². The Morgan fingerprint density at radius 3 is 2.73 bits per heavy atom. The van der Waals surface area contributed by atoms with Crippen LogP contribution in [0.4, 0.5) is 11.4 Å². The quantitative estimate of drug-likeness (QED) is 0.484. The molecule has 5 nitrogen and oxygen atoms in total. The number of ether oxygens (including phenoxy) is 1. The van der Waals surface area contributed by atoms with Crippen LogP contribution >= 0.6 is 11.6 Å². The molecule has 1 heterocycles. The van der Waals surface area contributed by atoms with Gasteiger partial charge < -0.3 is 20.8 Å². The van der Waals surface area contributed by atoms with Crippen LogP contribution in [0.25, 0.3) is 0 Å². The second-order valence-corrected chi connectivity index (χ2v) is 5.69. The summed E-state index contributed by atoms with van der Waals surface area (Å²) in [5.41, 5.74) is 2.54. The molecule has 1 aliphatic heterocycles. The second-order valence-electron chi connectivity index (χ2n) is 5.31. The number of amidine groups is 1. The molecule has 22 heavy (non-hydrogen) atoms. The maximum absolute atomic E-state index is 7.80. The molecule has 0 radical (unpaired) electrons. The summed E-state index contributed by atoms with van der Waals surface area (Å²) in [7, 11) is 0. The fourth-order valence-corrected chi connectivity index (χ4v) is 2.49. The fraction of sp³-hybridized carbons (Fsp3) is 0.375. The topological polar surface area (TPSA) is 81.0 Å². The van der Waals surface area contributed by atoms with Gasteiger partial charge in [0, 0.05) is 24.1 Å². The summed E-state index contributed by atoms with van der Waals surface area (Å²) in [4.78, 5) is 0. The summed E-state index contributed by atoms with van der Waals surface area (Å²) in [6, 6.07) is 3.64. The Kier molecular flexibility index (Phi) is 5.57. The first kappa shape index (κ1) is 16.5. The van der Waals surface area contributed by atoms with Gasteiger partial charge in [-0.3, -0.25) is 5.41 Å². The van der Waals surface area contributed by atoms with Gasteiger partial charge in [-0.1, -0.05) is 18.2 Å². The molecule has 0 aliphatic carbocycles. The highest BCUT2D eigenvalue weighted by Crippen LogP contribution is 2.32. The van der Waals surface area contributed by atoms with Gasteiger partial charge in [0.1, 0.15) is 12.1 Å². The van der Waals surface area contributed by atoms with Crippen molar-refractivity contribution >= 4 is 35.0 Å². The van der Waals surface area contributed by atoms with Crippen LogP contribution in [-0.2, 0) is 4.74 Å². The van der Waals surface area contributed by atoms with Gasteiger partial charge in [0.2, 0.25) is 0 Å². The van der Waals surface area contributed by atoms with E-state index in [4.69, 9.17) is 27.2 Å². The maximum atomic E-state index is 7.80. The van der Waals surface area contributed by atoms with E-state index < -0.39 is 0 Å². The van der Waals surface area contributed by atoms with E-state index in [2.05, 4.69) is 17.2 Å². The molecule has 1 saturated heterocycles. The average Bonchev–Trinajstić information content (AvgIpc) is 2.51. The molecule has 1 atom stereocenters. The van der Waals surface area contributed by atoms with Crippen molar-refractivity contribution in [1.82, 2.24) is 0 Å². The van der Waals surface area contributed by atoms with Crippen molar-refractivity contribution < 1.29 is 4.74 Å². The Morgan fingerprint density at radius 1 is 1.41 bits per heavy atom. The molecule has 0 bridgehead atoms. The third kappa shape index (κ3) is 3.87. The third-order valence-electron chi connectivity index (χ3n) is 3.51. The Balaban J connectivity index is 2.21. The minimum absolute atomic E-state index is 0.0453. The molecule has 1 unspecified atom stereocenters. The minimum Gasteiger partial charge on any atom is -0.360 e. The van der Waals surface area contributed by atoms with E-state index in [1.165, 1.54) is 6.21 Å². The van der Waals surface area contributed by atoms with Crippen LogP contribution in [0.2, 0.25) is 5.02 Å². The number of halogens is 1. The summed E-state index contributed by atoms with van der Waals surface area (Å²) < 4.78 is 5.66. The van der Waals surface area contributed by atoms with Gasteiger partial charge in [0.05, 0.1) is 10.7 Å². The smallest absolute Gasteiger partial charge is 0.127 e. The van der Waals surface area contributed by atoms with Gasteiger partial charge in [-0.05, 0) is 43.9 Å². The van der Waals surface area contributed by atoms with E-state index in [0.717, 1.165) is 31.6 Å². The first-order valence-corrected chi connectivity index (χ1v) is 7.63. The predicted octanol–water partition coefficient (Wildman–Crippen LogP) is 4.24. The number of hydrogen-bond acceptors (Lipinski definition) is 4. The van der Waals surface area contributed by atoms with Crippen molar-refractivity contribution in [1.29, 1.82) is 10.8 Å². The van der Waals surface area contributed by atoms with E-state index in [9.17, 15) is 0 Å². The normalized spacial score (nSPS) is 17.6. The highest BCUT2D eigenvalue weighted by molar-refractivity contribution is 6.37. The third-order valence-corrected chi connectivity index (χ3v) is 3.91. The van der Waals surface area contributed by atoms with Gasteiger partial charge in [0.25, 0.3) is 0 Å². The lowest BCUT2D eigenvalue weighted by molar-refractivity contribution is 0.0343. The van der Waals surface area contributed by atoms with E-state index in [1.807, 2.05) is 6.07 Å².